The lowest BCUT2D eigenvalue weighted by Crippen LogP contribution is -2.45. The molecule has 3 amide bonds. The van der Waals surface area contributed by atoms with Crippen molar-refractivity contribution in [2.24, 2.45) is 0 Å². The van der Waals surface area contributed by atoms with Crippen molar-refractivity contribution in [3.05, 3.63) is 116 Å². The molecular weight excluding hydrogens is 682 g/mol. The first-order valence-corrected chi connectivity index (χ1v) is 15.9. The molecule has 0 aliphatic carbocycles. The van der Waals surface area contributed by atoms with Gasteiger partial charge in [-0.05, 0) is 55.8 Å². The molecule has 0 aliphatic heterocycles. The molecule has 15 heteroatoms. The minimum atomic E-state index is -4.89. The van der Waals surface area contributed by atoms with Gasteiger partial charge in [-0.1, -0.05) is 59.1 Å². The van der Waals surface area contributed by atoms with E-state index in [0.717, 1.165) is 26.2 Å². The standard InChI is InChI=1S/C32H26Cl2F3N3O6S/c1-16-7-13-20(14-8-16)47(44,45)29-27(37)25(35)17(2)26(36)28(29)40-32(43)39-23(31(42)46-3)15-18-9-11-19(12-10-18)38-30(41)24-21(33)5-4-6-22(24)34/h4-14,23H,15H2,1-3H3,(H,38,41)(H2,39,40,43). The SMILES string of the molecule is COC(=O)C(Cc1ccc(NC(=O)c2c(Cl)cccc2Cl)cc1)NC(=O)Nc1c(F)c(C)c(F)c(F)c1S(=O)(=O)c1ccc(C)cc1. The number of carbonyl (C=O) groups excluding carboxylic acids is 3. The van der Waals surface area contributed by atoms with Gasteiger partial charge < -0.3 is 20.7 Å². The van der Waals surface area contributed by atoms with Crippen LogP contribution in [0.2, 0.25) is 10.0 Å². The Morgan fingerprint density at radius 3 is 2.00 bits per heavy atom. The number of urea groups is 1. The molecule has 9 nitrogen and oxygen atoms in total. The van der Waals surface area contributed by atoms with Gasteiger partial charge in [0.1, 0.15) is 16.6 Å². The zero-order chi connectivity index (χ0) is 34.6. The van der Waals surface area contributed by atoms with Gasteiger partial charge in [0.25, 0.3) is 5.91 Å². The van der Waals surface area contributed by atoms with E-state index < -0.39 is 72.3 Å². The van der Waals surface area contributed by atoms with E-state index in [9.17, 15) is 27.2 Å². The molecule has 1 unspecified atom stereocenters. The number of amides is 3. The Bertz CT molecular complexity index is 1960. The molecule has 0 bridgehead atoms. The Balaban J connectivity index is 1.57. The minimum absolute atomic E-state index is 0.0726. The van der Waals surface area contributed by atoms with Gasteiger partial charge in [-0.15, -0.1) is 0 Å². The van der Waals surface area contributed by atoms with Crippen molar-refractivity contribution < 1.29 is 40.7 Å². The van der Waals surface area contributed by atoms with E-state index in [2.05, 4.69) is 10.6 Å². The van der Waals surface area contributed by atoms with Gasteiger partial charge in [0, 0.05) is 17.7 Å². The van der Waals surface area contributed by atoms with Gasteiger partial charge in [-0.2, -0.15) is 0 Å². The van der Waals surface area contributed by atoms with Crippen LogP contribution in [0.1, 0.15) is 27.0 Å². The Kier molecular flexibility index (Phi) is 10.8. The van der Waals surface area contributed by atoms with E-state index in [1.165, 1.54) is 48.5 Å². The number of hydrogen-bond acceptors (Lipinski definition) is 6. The van der Waals surface area contributed by atoms with E-state index in [1.807, 2.05) is 5.32 Å². The largest absolute Gasteiger partial charge is 0.467 e. The normalized spacial score (nSPS) is 11.8. The lowest BCUT2D eigenvalue weighted by atomic mass is 10.1. The van der Waals surface area contributed by atoms with Crippen molar-refractivity contribution in [2.75, 3.05) is 17.7 Å². The second-order valence-corrected chi connectivity index (χ2v) is 12.9. The highest BCUT2D eigenvalue weighted by molar-refractivity contribution is 7.91. The fraction of sp³-hybridized carbons (Fsp3) is 0.156. The molecular formula is C32H26Cl2F3N3O6S. The third kappa shape index (κ3) is 7.70. The molecule has 0 saturated carbocycles. The Hall–Kier alpha value is -4.59. The molecule has 4 aromatic carbocycles. The van der Waals surface area contributed by atoms with Crippen LogP contribution in [0.4, 0.5) is 29.3 Å². The first kappa shape index (κ1) is 35.3. The van der Waals surface area contributed by atoms with E-state index in [-0.39, 0.29) is 22.0 Å². The van der Waals surface area contributed by atoms with Crippen LogP contribution in [0.5, 0.6) is 0 Å². The van der Waals surface area contributed by atoms with Crippen LogP contribution in [0, 0.1) is 31.3 Å². The monoisotopic (exact) mass is 707 g/mol. The second kappa shape index (κ2) is 14.4. The number of benzene rings is 4. The number of aryl methyl sites for hydroxylation is 1. The summed E-state index contributed by atoms with van der Waals surface area (Å²) < 4.78 is 76.6. The van der Waals surface area contributed by atoms with Gasteiger partial charge in [-0.25, -0.2) is 31.2 Å². The average Bonchev–Trinajstić information content (AvgIpc) is 3.02. The number of esters is 1. The van der Waals surface area contributed by atoms with Gasteiger partial charge in [0.05, 0.1) is 27.6 Å². The smallest absolute Gasteiger partial charge is 0.328 e. The van der Waals surface area contributed by atoms with E-state index in [1.54, 1.807) is 13.0 Å². The molecule has 0 aromatic heterocycles. The molecule has 4 rings (SSSR count). The maximum absolute atomic E-state index is 15.3. The maximum Gasteiger partial charge on any atom is 0.328 e. The van der Waals surface area contributed by atoms with Gasteiger partial charge in [0.15, 0.2) is 17.5 Å². The highest BCUT2D eigenvalue weighted by atomic mass is 35.5. The summed E-state index contributed by atoms with van der Waals surface area (Å²) in [5.41, 5.74) is -0.480. The highest BCUT2D eigenvalue weighted by Crippen LogP contribution is 2.36. The third-order valence-corrected chi connectivity index (χ3v) is 9.41. The van der Waals surface area contributed by atoms with Crippen LogP contribution in [-0.2, 0) is 25.8 Å². The molecule has 0 fully saturated rings. The molecule has 0 saturated heterocycles. The van der Waals surface area contributed by atoms with Crippen LogP contribution in [-0.4, -0.2) is 39.5 Å². The molecule has 0 radical (unpaired) electrons. The summed E-state index contributed by atoms with van der Waals surface area (Å²) in [6.07, 6.45) is -0.182. The van der Waals surface area contributed by atoms with Crippen molar-refractivity contribution >= 4 is 62.3 Å². The van der Waals surface area contributed by atoms with Crippen molar-refractivity contribution in [3.8, 4) is 0 Å². The topological polar surface area (TPSA) is 131 Å². The summed E-state index contributed by atoms with van der Waals surface area (Å²) >= 11 is 12.2. The van der Waals surface area contributed by atoms with Crippen molar-refractivity contribution in [1.29, 1.82) is 0 Å². The van der Waals surface area contributed by atoms with Gasteiger partial charge >= 0.3 is 12.0 Å². The molecule has 1 atom stereocenters. The van der Waals surface area contributed by atoms with E-state index in [4.69, 9.17) is 27.9 Å². The lowest BCUT2D eigenvalue weighted by molar-refractivity contribution is -0.142. The fourth-order valence-electron chi connectivity index (χ4n) is 4.47. The number of halogens is 5. The summed E-state index contributed by atoms with van der Waals surface area (Å²) in [6.45, 7) is 2.54. The van der Waals surface area contributed by atoms with Crippen LogP contribution < -0.4 is 16.0 Å². The average molecular weight is 709 g/mol. The van der Waals surface area contributed by atoms with Crippen LogP contribution in [0.3, 0.4) is 0 Å². The molecule has 4 aromatic rings. The van der Waals surface area contributed by atoms with Crippen LogP contribution >= 0.6 is 23.2 Å². The van der Waals surface area contributed by atoms with Gasteiger partial charge in [-0.3, -0.25) is 4.79 Å². The van der Waals surface area contributed by atoms with Gasteiger partial charge in [0.2, 0.25) is 9.84 Å². The van der Waals surface area contributed by atoms with E-state index in [0.29, 0.717) is 16.8 Å². The first-order valence-electron chi connectivity index (χ1n) is 13.6. The van der Waals surface area contributed by atoms with Crippen molar-refractivity contribution in [1.82, 2.24) is 5.32 Å². The second-order valence-electron chi connectivity index (χ2n) is 10.2. The quantitative estimate of drug-likeness (QED) is 0.127. The molecule has 246 valence electrons. The Morgan fingerprint density at radius 2 is 1.43 bits per heavy atom. The number of hydrogen-bond donors (Lipinski definition) is 3. The molecule has 0 spiro atoms. The predicted molar refractivity (Wildman–Crippen MR) is 170 cm³/mol. The first-order chi connectivity index (χ1) is 22.1. The van der Waals surface area contributed by atoms with Crippen LogP contribution in [0.25, 0.3) is 0 Å². The third-order valence-electron chi connectivity index (χ3n) is 6.97. The number of sulfone groups is 1. The number of carbonyl (C=O) groups is 3. The van der Waals surface area contributed by atoms with Crippen LogP contribution in [0.15, 0.2) is 76.5 Å². The van der Waals surface area contributed by atoms with E-state index >= 15 is 8.78 Å². The zero-order valence-corrected chi connectivity index (χ0v) is 27.2. The Labute approximate surface area is 277 Å². The number of rotatable bonds is 9. The predicted octanol–water partition coefficient (Wildman–Crippen LogP) is 7.02. The molecule has 0 heterocycles. The summed E-state index contributed by atoms with van der Waals surface area (Å²) in [5, 5.41) is 7.13. The lowest BCUT2D eigenvalue weighted by Gasteiger charge is -2.20. The zero-order valence-electron chi connectivity index (χ0n) is 24.9. The Morgan fingerprint density at radius 1 is 0.830 bits per heavy atom. The number of nitrogens with one attached hydrogen (secondary N) is 3. The number of methoxy groups -OCH3 is 1. The summed E-state index contributed by atoms with van der Waals surface area (Å²) in [5.74, 6) is -6.67. The summed E-state index contributed by atoms with van der Waals surface area (Å²) in [6, 6.07) is 13.0. The van der Waals surface area contributed by atoms with Crippen molar-refractivity contribution in [2.45, 2.75) is 36.1 Å². The fourth-order valence-corrected chi connectivity index (χ4v) is 6.50. The van der Waals surface area contributed by atoms with Crippen molar-refractivity contribution in [3.63, 3.8) is 0 Å². The molecule has 3 N–H and O–H groups in total. The summed E-state index contributed by atoms with van der Waals surface area (Å²) in [4.78, 5) is 36.4. The maximum atomic E-state index is 15.3. The minimum Gasteiger partial charge on any atom is -0.467 e. The molecule has 0 aliphatic rings. The number of ether oxygens (including phenoxy) is 1. The highest BCUT2D eigenvalue weighted by Gasteiger charge is 2.34. The molecule has 47 heavy (non-hydrogen) atoms. The summed E-state index contributed by atoms with van der Waals surface area (Å²) in [7, 11) is -3.84. The number of anilines is 2.